The minimum atomic E-state index is -0.929. The number of carboxylic acid groups (broad SMARTS) is 1. The highest BCUT2D eigenvalue weighted by Crippen LogP contribution is 2.34. The smallest absolute Gasteiger partial charge is 0.352 e. The maximum Gasteiger partial charge on any atom is 0.352 e. The molecule has 5 nitrogen and oxygen atoms in total. The Bertz CT molecular complexity index is 1470. The number of aromatic carboxylic acids is 1. The summed E-state index contributed by atoms with van der Waals surface area (Å²) in [6.07, 6.45) is 4.75. The van der Waals surface area contributed by atoms with Crippen molar-refractivity contribution in [2.45, 2.75) is 19.4 Å². The number of carbonyl (C=O) groups is 1. The Hall–Kier alpha value is -3.64. The topological polar surface area (TPSA) is 64.3 Å². The first-order chi connectivity index (χ1) is 16.6. The minimum absolute atomic E-state index is 0.323. The number of pyridine rings is 1. The van der Waals surface area contributed by atoms with Crippen LogP contribution in [0.5, 0.6) is 5.75 Å². The molecule has 3 aromatic carbocycles. The van der Waals surface area contributed by atoms with Gasteiger partial charge in [0.1, 0.15) is 11.4 Å². The van der Waals surface area contributed by atoms with E-state index in [0.29, 0.717) is 31.7 Å². The SMILES string of the molecule is O=C(O)c1c(CCCOc2cccc3ccccc23)c2cccc(Br)c2n1Cc1ccncc1. The Balaban J connectivity index is 1.44. The molecule has 0 saturated carbocycles. The number of hydrogen-bond acceptors (Lipinski definition) is 3. The number of rotatable bonds is 8. The largest absolute Gasteiger partial charge is 0.493 e. The Morgan fingerprint density at radius 3 is 2.50 bits per heavy atom. The average molecular weight is 515 g/mol. The van der Waals surface area contributed by atoms with Gasteiger partial charge in [0.25, 0.3) is 0 Å². The number of fused-ring (bicyclic) bond motifs is 2. The van der Waals surface area contributed by atoms with E-state index in [0.717, 1.165) is 43.0 Å². The van der Waals surface area contributed by atoms with Crippen molar-refractivity contribution < 1.29 is 14.6 Å². The van der Waals surface area contributed by atoms with E-state index < -0.39 is 5.97 Å². The van der Waals surface area contributed by atoms with Gasteiger partial charge in [-0.1, -0.05) is 48.5 Å². The third-order valence-electron chi connectivity index (χ3n) is 6.01. The number of hydrogen-bond donors (Lipinski definition) is 1. The molecule has 2 aromatic heterocycles. The molecule has 0 fully saturated rings. The fraction of sp³-hybridized carbons (Fsp3) is 0.143. The van der Waals surface area contributed by atoms with E-state index in [-0.39, 0.29) is 0 Å². The molecule has 0 bridgehead atoms. The molecule has 170 valence electrons. The third kappa shape index (κ3) is 4.29. The molecular formula is C28H23BrN2O3. The Labute approximate surface area is 205 Å². The van der Waals surface area contributed by atoms with E-state index >= 15 is 0 Å². The summed E-state index contributed by atoms with van der Waals surface area (Å²) in [4.78, 5) is 16.5. The molecule has 0 spiro atoms. The molecule has 0 saturated heterocycles. The zero-order valence-electron chi connectivity index (χ0n) is 18.4. The number of benzene rings is 3. The van der Waals surface area contributed by atoms with Crippen LogP contribution < -0.4 is 4.74 Å². The van der Waals surface area contributed by atoms with Gasteiger partial charge in [0.05, 0.1) is 12.1 Å². The first kappa shape index (κ1) is 22.2. The standard InChI is InChI=1S/C28H23BrN2O3/c29-24-11-4-9-22-23(10-5-17-34-25-12-3-7-20-6-1-2-8-21(20)25)27(28(32)33)31(26(22)24)18-19-13-15-30-16-14-19/h1-4,6-9,11-16H,5,10,17-18H2,(H,32,33). The molecule has 5 rings (SSSR count). The third-order valence-corrected chi connectivity index (χ3v) is 6.65. The highest BCUT2D eigenvalue weighted by molar-refractivity contribution is 9.10. The van der Waals surface area contributed by atoms with Gasteiger partial charge in [0.2, 0.25) is 0 Å². The predicted octanol–water partition coefficient (Wildman–Crippen LogP) is 6.71. The first-order valence-corrected chi connectivity index (χ1v) is 11.9. The molecule has 0 unspecified atom stereocenters. The molecule has 5 aromatic rings. The molecule has 34 heavy (non-hydrogen) atoms. The molecule has 0 radical (unpaired) electrons. The molecule has 0 aliphatic rings. The van der Waals surface area contributed by atoms with Gasteiger partial charge in [-0.05, 0) is 69.6 Å². The molecule has 0 atom stereocenters. The van der Waals surface area contributed by atoms with Crippen molar-refractivity contribution in [3.8, 4) is 5.75 Å². The van der Waals surface area contributed by atoms with Gasteiger partial charge in [-0.15, -0.1) is 0 Å². The van der Waals surface area contributed by atoms with Crippen LogP contribution in [0.15, 0.2) is 89.7 Å². The summed E-state index contributed by atoms with van der Waals surface area (Å²) < 4.78 is 8.87. The maximum absolute atomic E-state index is 12.4. The second-order valence-electron chi connectivity index (χ2n) is 8.14. The number of aromatic nitrogens is 2. The maximum atomic E-state index is 12.4. The van der Waals surface area contributed by atoms with Gasteiger partial charge in [-0.2, -0.15) is 0 Å². The molecule has 0 amide bonds. The number of aryl methyl sites for hydroxylation is 1. The van der Waals surface area contributed by atoms with Crippen LogP contribution in [0.3, 0.4) is 0 Å². The monoisotopic (exact) mass is 514 g/mol. The minimum Gasteiger partial charge on any atom is -0.493 e. The van der Waals surface area contributed by atoms with Crippen molar-refractivity contribution >= 4 is 43.6 Å². The summed E-state index contributed by atoms with van der Waals surface area (Å²) >= 11 is 3.64. The van der Waals surface area contributed by atoms with Crippen LogP contribution in [-0.2, 0) is 13.0 Å². The molecule has 2 heterocycles. The van der Waals surface area contributed by atoms with Crippen LogP contribution in [0.4, 0.5) is 0 Å². The molecular weight excluding hydrogens is 492 g/mol. The van der Waals surface area contributed by atoms with Crippen LogP contribution in [0.25, 0.3) is 21.7 Å². The summed E-state index contributed by atoms with van der Waals surface area (Å²) in [5.41, 5.74) is 3.04. The van der Waals surface area contributed by atoms with Crippen LogP contribution in [0.1, 0.15) is 28.0 Å². The Morgan fingerprint density at radius 2 is 1.68 bits per heavy atom. The number of carboxylic acids is 1. The van der Waals surface area contributed by atoms with Crippen molar-refractivity contribution in [1.29, 1.82) is 0 Å². The zero-order chi connectivity index (χ0) is 23.5. The Morgan fingerprint density at radius 1 is 0.941 bits per heavy atom. The van der Waals surface area contributed by atoms with Crippen molar-refractivity contribution in [3.63, 3.8) is 0 Å². The van der Waals surface area contributed by atoms with Crippen molar-refractivity contribution in [1.82, 2.24) is 9.55 Å². The summed E-state index contributed by atoms with van der Waals surface area (Å²) in [7, 11) is 0. The van der Waals surface area contributed by atoms with Gasteiger partial charge in [-0.25, -0.2) is 4.79 Å². The summed E-state index contributed by atoms with van der Waals surface area (Å²) in [5.74, 6) is -0.0819. The molecule has 1 N–H and O–H groups in total. The van der Waals surface area contributed by atoms with Crippen LogP contribution in [0.2, 0.25) is 0 Å². The van der Waals surface area contributed by atoms with E-state index in [9.17, 15) is 9.90 Å². The fourth-order valence-electron chi connectivity index (χ4n) is 4.51. The molecule has 0 aliphatic heterocycles. The average Bonchev–Trinajstić information content (AvgIpc) is 3.17. The number of halogens is 1. The number of nitrogens with zero attached hydrogens (tertiary/aromatic N) is 2. The summed E-state index contributed by atoms with van der Waals surface area (Å²) in [5, 5.41) is 13.4. The highest BCUT2D eigenvalue weighted by Gasteiger charge is 2.23. The van der Waals surface area contributed by atoms with E-state index in [1.54, 1.807) is 12.4 Å². The number of para-hydroxylation sites is 1. The van der Waals surface area contributed by atoms with Gasteiger partial charge in [-0.3, -0.25) is 4.98 Å². The second kappa shape index (κ2) is 9.69. The van der Waals surface area contributed by atoms with Crippen LogP contribution >= 0.6 is 15.9 Å². The lowest BCUT2D eigenvalue weighted by Gasteiger charge is -2.11. The van der Waals surface area contributed by atoms with E-state index in [1.807, 2.05) is 59.2 Å². The molecule has 6 heteroatoms. The predicted molar refractivity (Wildman–Crippen MR) is 138 cm³/mol. The van der Waals surface area contributed by atoms with Crippen molar-refractivity contribution in [2.75, 3.05) is 6.61 Å². The van der Waals surface area contributed by atoms with E-state index in [4.69, 9.17) is 4.74 Å². The summed E-state index contributed by atoms with van der Waals surface area (Å²) in [6, 6.07) is 23.9. The lowest BCUT2D eigenvalue weighted by atomic mass is 10.1. The van der Waals surface area contributed by atoms with Gasteiger partial charge < -0.3 is 14.4 Å². The molecule has 0 aliphatic carbocycles. The lowest BCUT2D eigenvalue weighted by Crippen LogP contribution is -2.12. The van der Waals surface area contributed by atoms with E-state index in [2.05, 4.69) is 39.1 Å². The number of ether oxygens (including phenoxy) is 1. The highest BCUT2D eigenvalue weighted by atomic mass is 79.9. The second-order valence-corrected chi connectivity index (χ2v) is 8.99. The van der Waals surface area contributed by atoms with Gasteiger partial charge in [0, 0.05) is 34.2 Å². The Kier molecular flexibility index (Phi) is 6.32. The van der Waals surface area contributed by atoms with Crippen LogP contribution in [0, 0.1) is 0 Å². The lowest BCUT2D eigenvalue weighted by molar-refractivity contribution is 0.0684. The fourth-order valence-corrected chi connectivity index (χ4v) is 5.09. The quantitative estimate of drug-likeness (QED) is 0.233. The normalized spacial score (nSPS) is 11.2. The van der Waals surface area contributed by atoms with E-state index in [1.165, 1.54) is 0 Å². The van der Waals surface area contributed by atoms with Gasteiger partial charge >= 0.3 is 5.97 Å². The first-order valence-electron chi connectivity index (χ1n) is 11.2. The van der Waals surface area contributed by atoms with Crippen molar-refractivity contribution in [3.05, 3.63) is 106 Å². The summed E-state index contributed by atoms with van der Waals surface area (Å²) in [6.45, 7) is 0.952. The van der Waals surface area contributed by atoms with Gasteiger partial charge in [0.15, 0.2) is 0 Å². The van der Waals surface area contributed by atoms with Crippen LogP contribution in [-0.4, -0.2) is 27.2 Å². The van der Waals surface area contributed by atoms with Crippen molar-refractivity contribution in [2.24, 2.45) is 0 Å². The zero-order valence-corrected chi connectivity index (χ0v) is 20.0.